The molecule has 6 nitrogen and oxygen atoms in total. The van der Waals surface area contributed by atoms with E-state index in [0.717, 1.165) is 12.1 Å². The Bertz CT molecular complexity index is 552. The Balaban J connectivity index is 2.43. The summed E-state index contributed by atoms with van der Waals surface area (Å²) in [7, 11) is 0. The lowest BCUT2D eigenvalue weighted by Crippen LogP contribution is -2.24. The van der Waals surface area contributed by atoms with Crippen LogP contribution in [0.1, 0.15) is 11.1 Å². The molecule has 5 N–H and O–H groups in total. The first-order chi connectivity index (χ1) is 9.74. The van der Waals surface area contributed by atoms with E-state index >= 15 is 0 Å². The lowest BCUT2D eigenvalue weighted by Gasteiger charge is -2.20. The first kappa shape index (κ1) is 15.4. The number of benzene rings is 1. The first-order valence-corrected chi connectivity index (χ1v) is 6.04. The number of aliphatic hydroxyl groups excluding tert-OH is 2. The summed E-state index contributed by atoms with van der Waals surface area (Å²) in [5.41, 5.74) is 3.95. The van der Waals surface area contributed by atoms with E-state index < -0.39 is 35.3 Å². The Morgan fingerprint density at radius 1 is 1.24 bits per heavy atom. The zero-order valence-electron chi connectivity index (χ0n) is 10.7. The van der Waals surface area contributed by atoms with Gasteiger partial charge >= 0.3 is 6.18 Å². The van der Waals surface area contributed by atoms with Gasteiger partial charge in [0.15, 0.2) is 5.84 Å². The van der Waals surface area contributed by atoms with Crippen LogP contribution in [0.5, 0.6) is 0 Å². The van der Waals surface area contributed by atoms with Gasteiger partial charge < -0.3 is 26.1 Å². The second kappa shape index (κ2) is 5.41. The Morgan fingerprint density at radius 2 is 1.81 bits per heavy atom. The van der Waals surface area contributed by atoms with Crippen molar-refractivity contribution in [1.82, 2.24) is 0 Å². The summed E-state index contributed by atoms with van der Waals surface area (Å²) in [6.45, 7) is 0.0583. The van der Waals surface area contributed by atoms with Crippen molar-refractivity contribution in [1.29, 1.82) is 0 Å². The van der Waals surface area contributed by atoms with E-state index in [4.69, 9.17) is 10.9 Å². The highest BCUT2D eigenvalue weighted by Crippen LogP contribution is 2.35. The van der Waals surface area contributed by atoms with Gasteiger partial charge in [0.05, 0.1) is 17.8 Å². The number of halogens is 3. The summed E-state index contributed by atoms with van der Waals surface area (Å²) >= 11 is 0. The van der Waals surface area contributed by atoms with Gasteiger partial charge in [0.1, 0.15) is 0 Å². The van der Waals surface area contributed by atoms with Gasteiger partial charge in [0.2, 0.25) is 0 Å². The van der Waals surface area contributed by atoms with Crippen LogP contribution in [0.15, 0.2) is 23.4 Å². The van der Waals surface area contributed by atoms with Crippen molar-refractivity contribution in [2.75, 3.05) is 18.0 Å². The molecule has 9 heteroatoms. The van der Waals surface area contributed by atoms with Crippen LogP contribution in [0.3, 0.4) is 0 Å². The van der Waals surface area contributed by atoms with E-state index in [1.165, 1.54) is 11.0 Å². The van der Waals surface area contributed by atoms with Crippen molar-refractivity contribution in [2.45, 2.75) is 18.4 Å². The Kier molecular flexibility index (Phi) is 3.97. The number of aliphatic hydroxyl groups is 2. The molecule has 1 aliphatic rings. The van der Waals surface area contributed by atoms with Crippen LogP contribution in [-0.2, 0) is 6.18 Å². The van der Waals surface area contributed by atoms with Gasteiger partial charge in [0, 0.05) is 24.3 Å². The van der Waals surface area contributed by atoms with Gasteiger partial charge in [-0.15, -0.1) is 0 Å². The van der Waals surface area contributed by atoms with Crippen LogP contribution in [0, 0.1) is 0 Å². The van der Waals surface area contributed by atoms with Crippen LogP contribution < -0.4 is 10.6 Å². The van der Waals surface area contributed by atoms with E-state index in [-0.39, 0.29) is 18.8 Å². The molecule has 2 atom stereocenters. The molecule has 2 unspecified atom stereocenters. The molecule has 0 bridgehead atoms. The topological polar surface area (TPSA) is 102 Å². The van der Waals surface area contributed by atoms with Crippen molar-refractivity contribution in [2.24, 2.45) is 10.9 Å². The summed E-state index contributed by atoms with van der Waals surface area (Å²) in [5.74, 6) is -0.643. The number of nitrogens with two attached hydrogens (primary N) is 1. The predicted molar refractivity (Wildman–Crippen MR) is 68.2 cm³/mol. The molecule has 1 aromatic carbocycles. The summed E-state index contributed by atoms with van der Waals surface area (Å²) in [6, 6.07) is 3.29. The number of β-amino-alcohol motifs (C(OH)–C–C–N with tert-alkyl or cyclic N) is 2. The summed E-state index contributed by atoms with van der Waals surface area (Å²) in [4.78, 5) is 1.43. The minimum atomic E-state index is -4.68. The highest BCUT2D eigenvalue weighted by atomic mass is 19.4. The maximum absolute atomic E-state index is 13.1. The molecule has 0 aliphatic carbocycles. The molecule has 21 heavy (non-hydrogen) atoms. The van der Waals surface area contributed by atoms with Crippen LogP contribution in [-0.4, -0.2) is 46.6 Å². The highest BCUT2D eigenvalue weighted by Gasteiger charge is 2.36. The normalized spacial score (nSPS) is 23.7. The highest BCUT2D eigenvalue weighted by molar-refractivity contribution is 5.99. The third-order valence-corrected chi connectivity index (χ3v) is 3.32. The van der Waals surface area contributed by atoms with Gasteiger partial charge in [-0.25, -0.2) is 0 Å². The summed E-state index contributed by atoms with van der Waals surface area (Å²) in [6.07, 6.45) is -6.70. The number of rotatable bonds is 2. The fourth-order valence-electron chi connectivity index (χ4n) is 2.22. The number of amidine groups is 1. The average Bonchev–Trinajstić information content (AvgIpc) is 2.76. The fourth-order valence-corrected chi connectivity index (χ4v) is 2.22. The van der Waals surface area contributed by atoms with Gasteiger partial charge in [-0.1, -0.05) is 5.16 Å². The molecule has 1 aromatic rings. The molecule has 0 radical (unpaired) electrons. The zero-order chi connectivity index (χ0) is 15.8. The van der Waals surface area contributed by atoms with Gasteiger partial charge in [0.25, 0.3) is 0 Å². The molecule has 1 fully saturated rings. The van der Waals surface area contributed by atoms with Crippen molar-refractivity contribution in [3.05, 3.63) is 29.3 Å². The Hall–Kier alpha value is -2.00. The van der Waals surface area contributed by atoms with Gasteiger partial charge in [-0.3, -0.25) is 0 Å². The third kappa shape index (κ3) is 3.03. The Labute approximate surface area is 117 Å². The SMILES string of the molecule is N/C(=N/O)c1ccc(N2CC(O)C(O)C2)cc1C(F)(F)F. The molecule has 1 heterocycles. The number of anilines is 1. The van der Waals surface area contributed by atoms with Gasteiger partial charge in [-0.05, 0) is 18.2 Å². The maximum Gasteiger partial charge on any atom is 0.417 e. The molecular formula is C12H14F3N3O3. The number of hydrogen-bond acceptors (Lipinski definition) is 5. The summed E-state index contributed by atoms with van der Waals surface area (Å²) in [5, 5.41) is 30.0. The minimum Gasteiger partial charge on any atom is -0.409 e. The smallest absolute Gasteiger partial charge is 0.409 e. The van der Waals surface area contributed by atoms with E-state index in [1.54, 1.807) is 0 Å². The second-order valence-corrected chi connectivity index (χ2v) is 4.75. The van der Waals surface area contributed by atoms with Crippen molar-refractivity contribution in [3.8, 4) is 0 Å². The molecular weight excluding hydrogens is 291 g/mol. The quantitative estimate of drug-likeness (QED) is 0.273. The first-order valence-electron chi connectivity index (χ1n) is 6.04. The lowest BCUT2D eigenvalue weighted by molar-refractivity contribution is -0.137. The Morgan fingerprint density at radius 3 is 2.29 bits per heavy atom. The number of hydrogen-bond donors (Lipinski definition) is 4. The largest absolute Gasteiger partial charge is 0.417 e. The number of oxime groups is 1. The van der Waals surface area contributed by atoms with Crippen molar-refractivity contribution < 1.29 is 28.6 Å². The van der Waals surface area contributed by atoms with E-state index in [0.29, 0.717) is 0 Å². The van der Waals surface area contributed by atoms with Crippen LogP contribution in [0.2, 0.25) is 0 Å². The van der Waals surface area contributed by atoms with E-state index in [2.05, 4.69) is 5.16 Å². The summed E-state index contributed by atoms with van der Waals surface area (Å²) < 4.78 is 39.2. The molecule has 0 spiro atoms. The number of nitrogens with zero attached hydrogens (tertiary/aromatic N) is 2. The molecule has 0 saturated carbocycles. The molecule has 2 rings (SSSR count). The van der Waals surface area contributed by atoms with E-state index in [1.807, 2.05) is 0 Å². The molecule has 0 aromatic heterocycles. The average molecular weight is 305 g/mol. The molecule has 116 valence electrons. The van der Waals surface area contributed by atoms with Crippen LogP contribution in [0.25, 0.3) is 0 Å². The zero-order valence-corrected chi connectivity index (χ0v) is 10.7. The minimum absolute atomic E-state index is 0.0291. The molecule has 1 aliphatic heterocycles. The monoisotopic (exact) mass is 305 g/mol. The lowest BCUT2D eigenvalue weighted by atomic mass is 10.0. The predicted octanol–water partition coefficient (Wildman–Crippen LogP) is 0.342. The standard InChI is InChI=1S/C12H14F3N3O3/c13-12(14,15)8-3-6(1-2-7(8)11(16)17-21)18-4-9(19)10(20)5-18/h1-3,9-10,19-21H,4-5H2,(H2,16,17). The van der Waals surface area contributed by atoms with E-state index in [9.17, 15) is 23.4 Å². The maximum atomic E-state index is 13.1. The van der Waals surface area contributed by atoms with Crippen LogP contribution in [0.4, 0.5) is 18.9 Å². The van der Waals surface area contributed by atoms with Crippen LogP contribution >= 0.6 is 0 Å². The molecule has 0 amide bonds. The molecule has 1 saturated heterocycles. The van der Waals surface area contributed by atoms with Crippen molar-refractivity contribution in [3.63, 3.8) is 0 Å². The second-order valence-electron chi connectivity index (χ2n) is 4.75. The fraction of sp³-hybridized carbons (Fsp3) is 0.417. The van der Waals surface area contributed by atoms with Crippen molar-refractivity contribution >= 4 is 11.5 Å². The van der Waals surface area contributed by atoms with Gasteiger partial charge in [-0.2, -0.15) is 13.2 Å². The third-order valence-electron chi connectivity index (χ3n) is 3.32. The number of alkyl halides is 3.